The van der Waals surface area contributed by atoms with Gasteiger partial charge in [0, 0.05) is 0 Å². The van der Waals surface area contributed by atoms with Gasteiger partial charge in [0.1, 0.15) is 0 Å². The highest BCUT2D eigenvalue weighted by molar-refractivity contribution is 5.35. The molecule has 0 N–H and O–H groups in total. The van der Waals surface area contributed by atoms with Crippen molar-refractivity contribution in [3.05, 3.63) is 34.9 Å². The predicted octanol–water partition coefficient (Wildman–Crippen LogP) is 4.68. The van der Waals surface area contributed by atoms with Crippen LogP contribution in [0.4, 0.5) is 26.3 Å². The van der Waals surface area contributed by atoms with Gasteiger partial charge in [-0.3, -0.25) is 0 Å². The molecular weight excluding hydrogens is 246 g/mol. The van der Waals surface area contributed by atoms with Crippen LogP contribution in [0.15, 0.2) is 18.2 Å². The Morgan fingerprint density at radius 2 is 1.53 bits per heavy atom. The summed E-state index contributed by atoms with van der Waals surface area (Å²) in [5.74, 6) is 0. The fourth-order valence-corrected chi connectivity index (χ4v) is 1.50. The smallest absolute Gasteiger partial charge is 0.166 e. The maximum atomic E-state index is 12.6. The Balaban J connectivity index is 3.30. The largest absolute Gasteiger partial charge is 0.416 e. The van der Waals surface area contributed by atoms with Gasteiger partial charge in [-0.1, -0.05) is 19.4 Å². The number of aryl methyl sites for hydroxylation is 1. The number of rotatable bonds is 2. The third kappa shape index (κ3) is 3.38. The fraction of sp³-hybridized carbons (Fsp3) is 0.455. The van der Waals surface area contributed by atoms with Crippen molar-refractivity contribution < 1.29 is 26.3 Å². The molecule has 1 aromatic carbocycles. The van der Waals surface area contributed by atoms with Crippen LogP contribution in [0.3, 0.4) is 0 Å². The Morgan fingerprint density at radius 3 is 1.94 bits per heavy atom. The molecule has 96 valence electrons. The van der Waals surface area contributed by atoms with Crippen molar-refractivity contribution in [2.45, 2.75) is 32.1 Å². The number of hydrogen-bond donors (Lipinski definition) is 0. The summed E-state index contributed by atoms with van der Waals surface area (Å²) in [5.41, 5.74) is -2.58. The fourth-order valence-electron chi connectivity index (χ4n) is 1.50. The number of benzene rings is 1. The van der Waals surface area contributed by atoms with E-state index >= 15 is 0 Å². The zero-order valence-electron chi connectivity index (χ0n) is 8.91. The summed E-state index contributed by atoms with van der Waals surface area (Å²) < 4.78 is 74.6. The van der Waals surface area contributed by atoms with Gasteiger partial charge in [-0.2, -0.15) is 26.3 Å². The van der Waals surface area contributed by atoms with Crippen molar-refractivity contribution in [1.29, 1.82) is 0 Å². The summed E-state index contributed by atoms with van der Waals surface area (Å²) >= 11 is 0. The van der Waals surface area contributed by atoms with Crippen LogP contribution in [-0.4, -0.2) is 0 Å². The number of halogens is 6. The number of hydrogen-bond acceptors (Lipinski definition) is 0. The second-order valence-electron chi connectivity index (χ2n) is 3.62. The molecule has 0 saturated carbocycles. The Morgan fingerprint density at radius 1 is 0.941 bits per heavy atom. The molecule has 0 aromatic heterocycles. The third-order valence-electron chi connectivity index (χ3n) is 2.26. The van der Waals surface area contributed by atoms with Crippen molar-refractivity contribution >= 4 is 0 Å². The molecule has 1 aromatic rings. The molecular formula is C11H10F6. The van der Waals surface area contributed by atoms with Crippen molar-refractivity contribution in [3.8, 4) is 0 Å². The van der Waals surface area contributed by atoms with Gasteiger partial charge >= 0.3 is 12.4 Å². The second kappa shape index (κ2) is 4.58. The first-order valence-electron chi connectivity index (χ1n) is 4.93. The van der Waals surface area contributed by atoms with Crippen molar-refractivity contribution in [3.63, 3.8) is 0 Å². The van der Waals surface area contributed by atoms with Crippen LogP contribution in [0.25, 0.3) is 0 Å². The Hall–Kier alpha value is -1.20. The van der Waals surface area contributed by atoms with Gasteiger partial charge in [0.25, 0.3) is 0 Å². The van der Waals surface area contributed by atoms with Crippen molar-refractivity contribution in [2.75, 3.05) is 0 Å². The molecule has 0 fully saturated rings. The van der Waals surface area contributed by atoms with Crippen LogP contribution in [0, 0.1) is 0 Å². The summed E-state index contributed by atoms with van der Waals surface area (Å²) in [6.07, 6.45) is -8.97. The lowest BCUT2D eigenvalue weighted by molar-refractivity contribution is -0.143. The lowest BCUT2D eigenvalue weighted by Crippen LogP contribution is -2.13. The van der Waals surface area contributed by atoms with E-state index in [9.17, 15) is 26.3 Å². The van der Waals surface area contributed by atoms with Gasteiger partial charge in [0.2, 0.25) is 0 Å². The zero-order valence-corrected chi connectivity index (χ0v) is 8.91. The number of alkyl halides is 6. The molecule has 6 heteroatoms. The summed E-state index contributed by atoms with van der Waals surface area (Å²) in [6, 6.07) is 1.75. The van der Waals surface area contributed by atoms with Gasteiger partial charge < -0.3 is 0 Å². The monoisotopic (exact) mass is 256 g/mol. The molecule has 0 atom stereocenters. The maximum absolute atomic E-state index is 12.6. The third-order valence-corrected chi connectivity index (χ3v) is 2.26. The van der Waals surface area contributed by atoms with Crippen molar-refractivity contribution in [2.24, 2.45) is 0 Å². The first-order chi connectivity index (χ1) is 7.66. The van der Waals surface area contributed by atoms with E-state index in [2.05, 4.69) is 0 Å². The molecule has 0 spiro atoms. The Bertz CT molecular complexity index is 388. The summed E-state index contributed by atoms with van der Waals surface area (Å²) in [7, 11) is 0. The van der Waals surface area contributed by atoms with E-state index in [1.54, 1.807) is 6.92 Å². The van der Waals surface area contributed by atoms with E-state index in [1.807, 2.05) is 0 Å². The first-order valence-corrected chi connectivity index (χ1v) is 4.93. The molecule has 0 aliphatic carbocycles. The zero-order chi connectivity index (χ0) is 13.3. The summed E-state index contributed by atoms with van der Waals surface area (Å²) in [4.78, 5) is 0. The SMILES string of the molecule is CCCc1ccc(C(F)(F)F)cc1C(F)(F)F. The molecule has 1 rings (SSSR count). The van der Waals surface area contributed by atoms with E-state index in [1.165, 1.54) is 0 Å². The van der Waals surface area contributed by atoms with Crippen LogP contribution in [-0.2, 0) is 18.8 Å². The van der Waals surface area contributed by atoms with Crippen LogP contribution >= 0.6 is 0 Å². The summed E-state index contributed by atoms with van der Waals surface area (Å²) in [6.45, 7) is 1.66. The highest BCUT2D eigenvalue weighted by Crippen LogP contribution is 2.37. The quantitative estimate of drug-likeness (QED) is 0.674. The van der Waals surface area contributed by atoms with E-state index < -0.39 is 23.5 Å². The molecule has 0 amide bonds. The molecule has 0 bridgehead atoms. The van der Waals surface area contributed by atoms with Gasteiger partial charge in [0.15, 0.2) is 0 Å². The van der Waals surface area contributed by atoms with E-state index in [4.69, 9.17) is 0 Å². The Labute approximate surface area is 94.2 Å². The maximum Gasteiger partial charge on any atom is 0.416 e. The second-order valence-corrected chi connectivity index (χ2v) is 3.62. The normalized spacial score (nSPS) is 12.9. The van der Waals surface area contributed by atoms with E-state index in [-0.39, 0.29) is 18.1 Å². The first kappa shape index (κ1) is 13.9. The van der Waals surface area contributed by atoms with Crippen LogP contribution in [0.5, 0.6) is 0 Å². The highest BCUT2D eigenvalue weighted by atomic mass is 19.4. The van der Waals surface area contributed by atoms with Gasteiger partial charge in [-0.15, -0.1) is 0 Å². The molecule has 0 saturated heterocycles. The standard InChI is InChI=1S/C11H10F6/c1-2-3-7-4-5-8(10(12,13)14)6-9(7)11(15,16)17/h4-6H,2-3H2,1H3. The van der Waals surface area contributed by atoms with Crippen LogP contribution in [0.1, 0.15) is 30.0 Å². The predicted molar refractivity (Wildman–Crippen MR) is 50.4 cm³/mol. The lowest BCUT2D eigenvalue weighted by atomic mass is 10.00. The van der Waals surface area contributed by atoms with Crippen LogP contribution < -0.4 is 0 Å². The molecule has 0 radical (unpaired) electrons. The topological polar surface area (TPSA) is 0 Å². The van der Waals surface area contributed by atoms with E-state index in [0.717, 1.165) is 6.07 Å². The minimum absolute atomic E-state index is 0.104. The van der Waals surface area contributed by atoms with Gasteiger partial charge in [0.05, 0.1) is 11.1 Å². The molecule has 0 aliphatic rings. The molecule has 0 unspecified atom stereocenters. The van der Waals surface area contributed by atoms with Crippen molar-refractivity contribution in [1.82, 2.24) is 0 Å². The molecule has 0 nitrogen and oxygen atoms in total. The van der Waals surface area contributed by atoms with Crippen LogP contribution in [0.2, 0.25) is 0 Å². The van der Waals surface area contributed by atoms with Gasteiger partial charge in [-0.05, 0) is 24.1 Å². The van der Waals surface area contributed by atoms with E-state index in [0.29, 0.717) is 12.5 Å². The average Bonchev–Trinajstić information content (AvgIpc) is 2.15. The molecule has 0 aliphatic heterocycles. The Kier molecular flexibility index (Phi) is 3.74. The highest BCUT2D eigenvalue weighted by Gasteiger charge is 2.37. The lowest BCUT2D eigenvalue weighted by Gasteiger charge is -2.15. The minimum Gasteiger partial charge on any atom is -0.166 e. The molecule has 17 heavy (non-hydrogen) atoms. The average molecular weight is 256 g/mol. The molecule has 0 heterocycles. The minimum atomic E-state index is -4.76. The summed E-state index contributed by atoms with van der Waals surface area (Å²) in [5, 5.41) is 0. The van der Waals surface area contributed by atoms with Gasteiger partial charge in [-0.25, -0.2) is 0 Å².